The summed E-state index contributed by atoms with van der Waals surface area (Å²) in [6, 6.07) is 7.45. The maximum absolute atomic E-state index is 11.8. The van der Waals surface area contributed by atoms with Crippen molar-refractivity contribution >= 4 is 23.2 Å². The number of carbonyl (C=O) groups is 1. The minimum Gasteiger partial charge on any atom is -0.378 e. The van der Waals surface area contributed by atoms with Crippen LogP contribution in [0.25, 0.3) is 11.4 Å². The van der Waals surface area contributed by atoms with Crippen LogP contribution in [0.2, 0.25) is 0 Å². The minimum absolute atomic E-state index is 0.0898. The van der Waals surface area contributed by atoms with E-state index in [1.807, 2.05) is 31.2 Å². The van der Waals surface area contributed by atoms with Gasteiger partial charge in [-0.1, -0.05) is 20.8 Å². The molecule has 4 rings (SSSR count). The number of fused-ring (bicyclic) bond motifs is 1. The zero-order chi connectivity index (χ0) is 22.7. The molecule has 32 heavy (non-hydrogen) atoms. The van der Waals surface area contributed by atoms with Crippen LogP contribution in [-0.2, 0) is 11.2 Å². The van der Waals surface area contributed by atoms with Crippen LogP contribution in [0.15, 0.2) is 29.3 Å². The van der Waals surface area contributed by atoms with Gasteiger partial charge in [0.25, 0.3) is 0 Å². The third-order valence-electron chi connectivity index (χ3n) is 5.58. The van der Waals surface area contributed by atoms with E-state index in [1.165, 1.54) is 0 Å². The van der Waals surface area contributed by atoms with Gasteiger partial charge in [0.15, 0.2) is 5.82 Å². The molecule has 2 aromatic rings. The Hall–Kier alpha value is -3.00. The molecule has 0 saturated carbocycles. The van der Waals surface area contributed by atoms with Crippen LogP contribution in [-0.4, -0.2) is 61.1 Å². The van der Waals surface area contributed by atoms with Gasteiger partial charge in [-0.3, -0.25) is 4.99 Å². The quantitative estimate of drug-likeness (QED) is 0.765. The number of rotatable bonds is 4. The Morgan fingerprint density at radius 3 is 2.50 bits per heavy atom. The van der Waals surface area contributed by atoms with Crippen molar-refractivity contribution in [1.82, 2.24) is 15.3 Å². The maximum Gasteiger partial charge on any atom is 0.319 e. The van der Waals surface area contributed by atoms with Crippen molar-refractivity contribution in [1.29, 1.82) is 0 Å². The summed E-state index contributed by atoms with van der Waals surface area (Å²) in [7, 11) is 0. The molecule has 0 aliphatic carbocycles. The highest BCUT2D eigenvalue weighted by atomic mass is 16.5. The van der Waals surface area contributed by atoms with E-state index in [4.69, 9.17) is 19.7 Å². The van der Waals surface area contributed by atoms with E-state index in [9.17, 15) is 4.79 Å². The second-order valence-electron chi connectivity index (χ2n) is 9.08. The number of hydrogen-bond donors (Lipinski definition) is 2. The molecule has 0 radical (unpaired) electrons. The van der Waals surface area contributed by atoms with E-state index < -0.39 is 0 Å². The molecule has 0 bridgehead atoms. The lowest BCUT2D eigenvalue weighted by Crippen LogP contribution is -2.39. The van der Waals surface area contributed by atoms with Crippen molar-refractivity contribution in [2.75, 3.05) is 49.6 Å². The number of aliphatic imine (C=N–C) groups is 1. The summed E-state index contributed by atoms with van der Waals surface area (Å²) in [6.45, 7) is 12.8. The third kappa shape index (κ3) is 4.75. The smallest absolute Gasteiger partial charge is 0.319 e. The van der Waals surface area contributed by atoms with Gasteiger partial charge in [0.2, 0.25) is 0 Å². The lowest BCUT2D eigenvalue weighted by atomic mass is 9.83. The predicted molar refractivity (Wildman–Crippen MR) is 128 cm³/mol. The van der Waals surface area contributed by atoms with Gasteiger partial charge in [0.05, 0.1) is 30.2 Å². The monoisotopic (exact) mass is 436 g/mol. The molecule has 0 atom stereocenters. The van der Waals surface area contributed by atoms with Crippen LogP contribution in [0.5, 0.6) is 0 Å². The fourth-order valence-electron chi connectivity index (χ4n) is 4.05. The largest absolute Gasteiger partial charge is 0.378 e. The lowest BCUT2D eigenvalue weighted by Gasteiger charge is -2.34. The van der Waals surface area contributed by atoms with Gasteiger partial charge in [0, 0.05) is 49.3 Å². The molecule has 0 unspecified atom stereocenters. The number of benzene rings is 1. The summed E-state index contributed by atoms with van der Waals surface area (Å²) in [6.07, 6.45) is 0.804. The van der Waals surface area contributed by atoms with Gasteiger partial charge < -0.3 is 20.3 Å². The average Bonchev–Trinajstić information content (AvgIpc) is 2.78. The highest BCUT2D eigenvalue weighted by Gasteiger charge is 2.32. The van der Waals surface area contributed by atoms with E-state index in [-0.39, 0.29) is 11.4 Å². The number of urea groups is 1. The summed E-state index contributed by atoms with van der Waals surface area (Å²) in [5.41, 5.74) is 4.78. The van der Waals surface area contributed by atoms with Crippen LogP contribution in [0.3, 0.4) is 0 Å². The zero-order valence-electron chi connectivity index (χ0n) is 19.4. The van der Waals surface area contributed by atoms with Gasteiger partial charge in [0.1, 0.15) is 5.82 Å². The van der Waals surface area contributed by atoms with E-state index in [2.05, 4.69) is 36.3 Å². The molecule has 1 fully saturated rings. The number of anilines is 2. The summed E-state index contributed by atoms with van der Waals surface area (Å²) in [5, 5.41) is 5.56. The molecule has 8 nitrogen and oxygen atoms in total. The number of amides is 2. The van der Waals surface area contributed by atoms with Crippen LogP contribution >= 0.6 is 0 Å². The SMILES string of the molecule is CCNC(=O)Nc1ccc(-c2nc3c(c(N4CCOCC4)n2)C(C(C)(C)C)=NCC3)cc1. The number of nitrogens with one attached hydrogen (secondary N) is 2. The Labute approximate surface area is 189 Å². The Morgan fingerprint density at radius 2 is 1.84 bits per heavy atom. The standard InChI is InChI=1S/C24H32N6O2/c1-5-25-23(31)27-17-8-6-16(7-9-17)21-28-18-10-11-26-20(24(2,3)4)19(18)22(29-21)30-12-14-32-15-13-30/h6-9H,5,10-15H2,1-4H3,(H2,25,27,31). The van der Waals surface area contributed by atoms with Gasteiger partial charge in [-0.15, -0.1) is 0 Å². The average molecular weight is 437 g/mol. The highest BCUT2D eigenvalue weighted by molar-refractivity contribution is 6.09. The molecular formula is C24H32N6O2. The van der Waals surface area contributed by atoms with E-state index in [0.29, 0.717) is 25.6 Å². The molecule has 1 aromatic carbocycles. The molecule has 1 saturated heterocycles. The van der Waals surface area contributed by atoms with Crippen molar-refractivity contribution in [3.05, 3.63) is 35.5 Å². The Kier molecular flexibility index (Phi) is 6.41. The van der Waals surface area contributed by atoms with Gasteiger partial charge in [-0.25, -0.2) is 14.8 Å². The number of hydrogen-bond acceptors (Lipinski definition) is 6. The van der Waals surface area contributed by atoms with Crippen LogP contribution in [0, 0.1) is 5.41 Å². The van der Waals surface area contributed by atoms with Crippen molar-refractivity contribution in [2.45, 2.75) is 34.1 Å². The maximum atomic E-state index is 11.8. The first-order chi connectivity index (χ1) is 15.4. The molecular weight excluding hydrogens is 404 g/mol. The summed E-state index contributed by atoms with van der Waals surface area (Å²) in [4.78, 5) is 29.0. The molecule has 3 heterocycles. The van der Waals surface area contributed by atoms with Crippen molar-refractivity contribution in [3.63, 3.8) is 0 Å². The number of aromatic nitrogens is 2. The number of nitrogens with zero attached hydrogens (tertiary/aromatic N) is 4. The van der Waals surface area contributed by atoms with E-state index in [1.54, 1.807) is 0 Å². The van der Waals surface area contributed by atoms with Crippen LogP contribution in [0.4, 0.5) is 16.3 Å². The first-order valence-electron chi connectivity index (χ1n) is 11.3. The Morgan fingerprint density at radius 1 is 1.12 bits per heavy atom. The normalized spacial score (nSPS) is 16.2. The first-order valence-corrected chi connectivity index (χ1v) is 11.3. The van der Waals surface area contributed by atoms with Gasteiger partial charge in [-0.05, 0) is 31.2 Å². The number of morpholine rings is 1. The van der Waals surface area contributed by atoms with Crippen molar-refractivity contribution in [3.8, 4) is 11.4 Å². The predicted octanol–water partition coefficient (Wildman–Crippen LogP) is 3.51. The zero-order valence-corrected chi connectivity index (χ0v) is 19.4. The molecule has 2 amide bonds. The van der Waals surface area contributed by atoms with E-state index >= 15 is 0 Å². The number of ether oxygens (including phenoxy) is 1. The van der Waals surface area contributed by atoms with Crippen molar-refractivity contribution < 1.29 is 9.53 Å². The lowest BCUT2D eigenvalue weighted by molar-refractivity contribution is 0.122. The van der Waals surface area contributed by atoms with Gasteiger partial charge in [-0.2, -0.15) is 0 Å². The second-order valence-corrected chi connectivity index (χ2v) is 9.08. The molecule has 1 aromatic heterocycles. The van der Waals surface area contributed by atoms with Gasteiger partial charge >= 0.3 is 6.03 Å². The molecule has 0 spiro atoms. The summed E-state index contributed by atoms with van der Waals surface area (Å²) in [5.74, 6) is 1.65. The van der Waals surface area contributed by atoms with E-state index in [0.717, 1.165) is 60.1 Å². The molecule has 2 N–H and O–H groups in total. The molecule has 8 heteroatoms. The number of carbonyl (C=O) groups excluding carboxylic acids is 1. The summed E-state index contributed by atoms with van der Waals surface area (Å²) >= 11 is 0. The topological polar surface area (TPSA) is 91.7 Å². The van der Waals surface area contributed by atoms with Crippen LogP contribution < -0.4 is 15.5 Å². The first kappa shape index (κ1) is 22.2. The molecule has 170 valence electrons. The Bertz CT molecular complexity index is 1000. The Balaban J connectivity index is 1.73. The summed E-state index contributed by atoms with van der Waals surface area (Å²) < 4.78 is 5.58. The minimum atomic E-state index is -0.214. The fraction of sp³-hybridized carbons (Fsp3) is 0.500. The fourth-order valence-corrected chi connectivity index (χ4v) is 4.05. The second kappa shape index (κ2) is 9.24. The van der Waals surface area contributed by atoms with Crippen LogP contribution in [0.1, 0.15) is 39.0 Å². The molecule has 2 aliphatic rings. The van der Waals surface area contributed by atoms with Crippen molar-refractivity contribution in [2.24, 2.45) is 10.4 Å². The third-order valence-corrected chi connectivity index (χ3v) is 5.58. The highest BCUT2D eigenvalue weighted by Crippen LogP contribution is 2.34. The molecule has 2 aliphatic heterocycles.